The van der Waals surface area contributed by atoms with Crippen LogP contribution in [-0.4, -0.2) is 46.0 Å². The van der Waals surface area contributed by atoms with Gasteiger partial charge in [0.15, 0.2) is 0 Å². The molecule has 5 heteroatoms. The van der Waals surface area contributed by atoms with E-state index in [0.29, 0.717) is 0 Å². The second kappa shape index (κ2) is 5.31. The number of hydrogen-bond donors (Lipinski definition) is 1. The van der Waals surface area contributed by atoms with E-state index in [0.717, 1.165) is 38.3 Å². The Labute approximate surface area is 102 Å². The Kier molecular flexibility index (Phi) is 3.78. The van der Waals surface area contributed by atoms with Crippen LogP contribution in [0.4, 0.5) is 0 Å². The Morgan fingerprint density at radius 3 is 3.06 bits per heavy atom. The van der Waals surface area contributed by atoms with Gasteiger partial charge in [0.05, 0.1) is 6.04 Å². The lowest BCUT2D eigenvalue weighted by molar-refractivity contribution is -0.135. The molecule has 17 heavy (non-hydrogen) atoms. The Morgan fingerprint density at radius 1 is 1.59 bits per heavy atom. The molecule has 1 N–H and O–H groups in total. The van der Waals surface area contributed by atoms with Crippen LogP contribution in [0.5, 0.6) is 0 Å². The SMILES string of the molecule is CCC1NCCN(CCc2nccn2C)C1=O. The molecule has 1 atom stereocenters. The number of hydrogen-bond acceptors (Lipinski definition) is 3. The fourth-order valence-corrected chi connectivity index (χ4v) is 2.20. The summed E-state index contributed by atoms with van der Waals surface area (Å²) in [5.41, 5.74) is 0. The van der Waals surface area contributed by atoms with Crippen LogP contribution in [0.2, 0.25) is 0 Å². The number of carbonyl (C=O) groups excluding carboxylic acids is 1. The summed E-state index contributed by atoms with van der Waals surface area (Å²) in [5.74, 6) is 1.26. The molecule has 5 nitrogen and oxygen atoms in total. The smallest absolute Gasteiger partial charge is 0.239 e. The number of nitrogens with zero attached hydrogens (tertiary/aromatic N) is 3. The minimum Gasteiger partial charge on any atom is -0.340 e. The van der Waals surface area contributed by atoms with Crippen LogP contribution in [-0.2, 0) is 18.3 Å². The molecule has 1 aromatic rings. The van der Waals surface area contributed by atoms with Gasteiger partial charge in [-0.05, 0) is 6.42 Å². The molecule has 1 fully saturated rings. The van der Waals surface area contributed by atoms with E-state index in [1.807, 2.05) is 29.6 Å². The fraction of sp³-hybridized carbons (Fsp3) is 0.667. The number of amides is 1. The van der Waals surface area contributed by atoms with Crippen LogP contribution in [0.15, 0.2) is 12.4 Å². The zero-order valence-corrected chi connectivity index (χ0v) is 10.5. The molecule has 2 rings (SSSR count). The van der Waals surface area contributed by atoms with Crippen molar-refractivity contribution >= 4 is 5.91 Å². The van der Waals surface area contributed by atoms with E-state index in [4.69, 9.17) is 0 Å². The number of carbonyl (C=O) groups is 1. The molecule has 1 amide bonds. The predicted molar refractivity (Wildman–Crippen MR) is 65.6 cm³/mol. The van der Waals surface area contributed by atoms with Crippen LogP contribution in [0.1, 0.15) is 19.2 Å². The number of aromatic nitrogens is 2. The summed E-state index contributed by atoms with van der Waals surface area (Å²) in [6, 6.07) is 0.00474. The summed E-state index contributed by atoms with van der Waals surface area (Å²) in [6.07, 6.45) is 5.41. The van der Waals surface area contributed by atoms with Gasteiger partial charge in [0.25, 0.3) is 0 Å². The first-order chi connectivity index (χ1) is 8.22. The van der Waals surface area contributed by atoms with Crippen molar-refractivity contribution in [3.63, 3.8) is 0 Å². The van der Waals surface area contributed by atoms with E-state index in [9.17, 15) is 4.79 Å². The molecule has 0 radical (unpaired) electrons. The summed E-state index contributed by atoms with van der Waals surface area (Å²) in [7, 11) is 1.98. The highest BCUT2D eigenvalue weighted by atomic mass is 16.2. The molecule has 1 unspecified atom stereocenters. The van der Waals surface area contributed by atoms with E-state index in [1.54, 1.807) is 6.20 Å². The Balaban J connectivity index is 1.90. The third kappa shape index (κ3) is 2.66. The highest BCUT2D eigenvalue weighted by molar-refractivity contribution is 5.82. The van der Waals surface area contributed by atoms with Crippen molar-refractivity contribution in [3.05, 3.63) is 18.2 Å². The first kappa shape index (κ1) is 12.1. The van der Waals surface area contributed by atoms with Gasteiger partial charge in [-0.3, -0.25) is 4.79 Å². The molecule has 94 valence electrons. The lowest BCUT2D eigenvalue weighted by atomic mass is 10.1. The van der Waals surface area contributed by atoms with Crippen molar-refractivity contribution in [2.45, 2.75) is 25.8 Å². The maximum absolute atomic E-state index is 12.0. The molecule has 0 saturated carbocycles. The average molecular weight is 236 g/mol. The third-order valence-electron chi connectivity index (χ3n) is 3.32. The second-order valence-corrected chi connectivity index (χ2v) is 4.44. The molecular formula is C12H20N4O. The van der Waals surface area contributed by atoms with Gasteiger partial charge < -0.3 is 14.8 Å². The number of aryl methyl sites for hydroxylation is 1. The monoisotopic (exact) mass is 236 g/mol. The lowest BCUT2D eigenvalue weighted by Gasteiger charge is -2.32. The minimum absolute atomic E-state index is 0.00474. The summed E-state index contributed by atoms with van der Waals surface area (Å²) in [5, 5.41) is 3.24. The van der Waals surface area contributed by atoms with Crippen molar-refractivity contribution in [2.24, 2.45) is 7.05 Å². The highest BCUT2D eigenvalue weighted by Crippen LogP contribution is 2.06. The number of imidazole rings is 1. The van der Waals surface area contributed by atoms with Crippen LogP contribution in [0, 0.1) is 0 Å². The van der Waals surface area contributed by atoms with E-state index in [2.05, 4.69) is 10.3 Å². The molecule has 0 aromatic carbocycles. The normalized spacial score (nSPS) is 20.9. The van der Waals surface area contributed by atoms with Crippen molar-refractivity contribution in [1.82, 2.24) is 19.8 Å². The summed E-state index contributed by atoms with van der Waals surface area (Å²) < 4.78 is 2.00. The van der Waals surface area contributed by atoms with Gasteiger partial charge >= 0.3 is 0 Å². The van der Waals surface area contributed by atoms with E-state index in [1.165, 1.54) is 0 Å². The Bertz CT molecular complexity index is 388. The lowest BCUT2D eigenvalue weighted by Crippen LogP contribution is -2.55. The molecule has 0 aliphatic carbocycles. The summed E-state index contributed by atoms with van der Waals surface area (Å²) >= 11 is 0. The zero-order valence-electron chi connectivity index (χ0n) is 10.5. The largest absolute Gasteiger partial charge is 0.340 e. The second-order valence-electron chi connectivity index (χ2n) is 4.44. The fourth-order valence-electron chi connectivity index (χ4n) is 2.20. The van der Waals surface area contributed by atoms with Gasteiger partial charge in [0, 0.05) is 45.5 Å². The molecular weight excluding hydrogens is 216 g/mol. The van der Waals surface area contributed by atoms with Crippen LogP contribution in [0.25, 0.3) is 0 Å². The number of piperazine rings is 1. The van der Waals surface area contributed by atoms with Gasteiger partial charge in [-0.15, -0.1) is 0 Å². The van der Waals surface area contributed by atoms with Crippen LogP contribution in [0.3, 0.4) is 0 Å². The molecule has 0 bridgehead atoms. The summed E-state index contributed by atoms with van der Waals surface area (Å²) in [4.78, 5) is 18.3. The topological polar surface area (TPSA) is 50.2 Å². The standard InChI is InChI=1S/C12H20N4O/c1-3-10-12(17)16(9-6-13-10)7-4-11-14-5-8-15(11)2/h5,8,10,13H,3-4,6-7,9H2,1-2H3. The van der Waals surface area contributed by atoms with Gasteiger partial charge in [0.2, 0.25) is 5.91 Å². The maximum Gasteiger partial charge on any atom is 0.239 e. The van der Waals surface area contributed by atoms with Gasteiger partial charge in [0.1, 0.15) is 5.82 Å². The van der Waals surface area contributed by atoms with Gasteiger partial charge in [-0.2, -0.15) is 0 Å². The van der Waals surface area contributed by atoms with Crippen molar-refractivity contribution in [1.29, 1.82) is 0 Å². The maximum atomic E-state index is 12.0. The molecule has 1 saturated heterocycles. The first-order valence-corrected chi connectivity index (χ1v) is 6.20. The highest BCUT2D eigenvalue weighted by Gasteiger charge is 2.26. The van der Waals surface area contributed by atoms with E-state index >= 15 is 0 Å². The van der Waals surface area contributed by atoms with Crippen molar-refractivity contribution in [2.75, 3.05) is 19.6 Å². The molecule has 1 aliphatic heterocycles. The van der Waals surface area contributed by atoms with E-state index < -0.39 is 0 Å². The molecule has 1 aromatic heterocycles. The Morgan fingerprint density at radius 2 is 2.41 bits per heavy atom. The van der Waals surface area contributed by atoms with Crippen LogP contribution < -0.4 is 5.32 Å². The predicted octanol–water partition coefficient (Wildman–Crippen LogP) is 0.173. The number of rotatable bonds is 4. The van der Waals surface area contributed by atoms with Crippen molar-refractivity contribution in [3.8, 4) is 0 Å². The number of nitrogens with one attached hydrogen (secondary N) is 1. The van der Waals surface area contributed by atoms with E-state index in [-0.39, 0.29) is 11.9 Å². The molecule has 1 aliphatic rings. The quantitative estimate of drug-likeness (QED) is 0.811. The first-order valence-electron chi connectivity index (χ1n) is 6.20. The van der Waals surface area contributed by atoms with Gasteiger partial charge in [-0.25, -0.2) is 4.98 Å². The van der Waals surface area contributed by atoms with Crippen molar-refractivity contribution < 1.29 is 4.79 Å². The molecule has 2 heterocycles. The molecule has 0 spiro atoms. The van der Waals surface area contributed by atoms with Crippen LogP contribution >= 0.6 is 0 Å². The zero-order chi connectivity index (χ0) is 12.3. The Hall–Kier alpha value is -1.36. The average Bonchev–Trinajstić information content (AvgIpc) is 2.74. The minimum atomic E-state index is 0.00474. The summed E-state index contributed by atoms with van der Waals surface area (Å²) in [6.45, 7) is 4.50. The van der Waals surface area contributed by atoms with Gasteiger partial charge in [-0.1, -0.05) is 6.92 Å². The third-order valence-corrected chi connectivity index (χ3v) is 3.32.